The van der Waals surface area contributed by atoms with Crippen LogP contribution in [0.15, 0.2) is 42.5 Å². The first kappa shape index (κ1) is 12.5. The molecule has 18 heavy (non-hydrogen) atoms. The van der Waals surface area contributed by atoms with E-state index in [0.717, 1.165) is 13.1 Å². The molecule has 1 N–H and O–H groups in total. The summed E-state index contributed by atoms with van der Waals surface area (Å²) < 4.78 is 0. The third kappa shape index (κ3) is 3.28. The van der Waals surface area contributed by atoms with Gasteiger partial charge in [-0.15, -0.1) is 0 Å². The monoisotopic (exact) mass is 244 g/mol. The van der Waals surface area contributed by atoms with Crippen molar-refractivity contribution in [1.29, 1.82) is 0 Å². The van der Waals surface area contributed by atoms with E-state index in [2.05, 4.69) is 5.32 Å². The maximum Gasteiger partial charge on any atom is 0.246 e. The highest BCUT2D eigenvalue weighted by molar-refractivity contribution is 6.07. The standard InChI is InChI=1S/C14H16N2O2/c17-13(12-4-2-1-3-5-12)6-7-14(18)16-10-8-15-9-11-16/h1-7,15H,8-11H2/b7-6+. The van der Waals surface area contributed by atoms with Crippen LogP contribution in [-0.2, 0) is 4.79 Å². The first-order valence-electron chi connectivity index (χ1n) is 6.04. The van der Waals surface area contributed by atoms with Gasteiger partial charge in [0.2, 0.25) is 5.91 Å². The highest BCUT2D eigenvalue weighted by Crippen LogP contribution is 2.01. The van der Waals surface area contributed by atoms with Gasteiger partial charge < -0.3 is 10.2 Å². The molecule has 0 radical (unpaired) electrons. The van der Waals surface area contributed by atoms with Gasteiger partial charge in [-0.25, -0.2) is 0 Å². The molecule has 0 saturated carbocycles. The van der Waals surface area contributed by atoms with Gasteiger partial charge in [0.15, 0.2) is 5.78 Å². The van der Waals surface area contributed by atoms with Crippen molar-refractivity contribution in [3.05, 3.63) is 48.0 Å². The zero-order chi connectivity index (χ0) is 12.8. The molecule has 1 fully saturated rings. The molecule has 0 aliphatic carbocycles. The van der Waals surface area contributed by atoms with Gasteiger partial charge in [0, 0.05) is 37.8 Å². The molecule has 1 aromatic carbocycles. The molecule has 4 nitrogen and oxygen atoms in total. The third-order valence-electron chi connectivity index (χ3n) is 2.86. The van der Waals surface area contributed by atoms with E-state index in [1.807, 2.05) is 6.07 Å². The van der Waals surface area contributed by atoms with E-state index in [-0.39, 0.29) is 11.7 Å². The Labute approximate surface area is 106 Å². The first-order chi connectivity index (χ1) is 8.77. The fourth-order valence-corrected chi connectivity index (χ4v) is 1.84. The lowest BCUT2D eigenvalue weighted by atomic mass is 10.1. The average molecular weight is 244 g/mol. The lowest BCUT2D eigenvalue weighted by Crippen LogP contribution is -2.45. The smallest absolute Gasteiger partial charge is 0.246 e. The number of allylic oxidation sites excluding steroid dienone is 1. The quantitative estimate of drug-likeness (QED) is 0.633. The predicted molar refractivity (Wildman–Crippen MR) is 69.4 cm³/mol. The van der Waals surface area contributed by atoms with E-state index in [0.29, 0.717) is 18.7 Å². The molecule has 1 aliphatic heterocycles. The zero-order valence-electron chi connectivity index (χ0n) is 10.1. The molecule has 0 unspecified atom stereocenters. The number of nitrogens with zero attached hydrogens (tertiary/aromatic N) is 1. The Kier molecular flexibility index (Phi) is 4.25. The summed E-state index contributed by atoms with van der Waals surface area (Å²) in [5.41, 5.74) is 0.599. The summed E-state index contributed by atoms with van der Waals surface area (Å²) in [6, 6.07) is 8.94. The van der Waals surface area contributed by atoms with Gasteiger partial charge in [0.1, 0.15) is 0 Å². The molecule has 1 aromatic rings. The summed E-state index contributed by atoms with van der Waals surface area (Å²) in [5.74, 6) is -0.236. The van der Waals surface area contributed by atoms with E-state index in [9.17, 15) is 9.59 Å². The maximum atomic E-state index is 11.8. The number of hydrogen-bond acceptors (Lipinski definition) is 3. The highest BCUT2D eigenvalue weighted by atomic mass is 16.2. The van der Waals surface area contributed by atoms with Crippen molar-refractivity contribution >= 4 is 11.7 Å². The van der Waals surface area contributed by atoms with Crippen molar-refractivity contribution in [3.8, 4) is 0 Å². The van der Waals surface area contributed by atoms with Crippen molar-refractivity contribution < 1.29 is 9.59 Å². The van der Waals surface area contributed by atoms with Crippen LogP contribution < -0.4 is 5.32 Å². The summed E-state index contributed by atoms with van der Waals surface area (Å²) >= 11 is 0. The van der Waals surface area contributed by atoms with Gasteiger partial charge in [-0.05, 0) is 6.08 Å². The molecule has 0 bridgehead atoms. The highest BCUT2D eigenvalue weighted by Gasteiger charge is 2.13. The number of hydrogen-bond donors (Lipinski definition) is 1. The molecule has 0 atom stereocenters. The summed E-state index contributed by atoms with van der Waals surface area (Å²) in [5, 5.41) is 3.18. The van der Waals surface area contributed by atoms with Gasteiger partial charge in [-0.2, -0.15) is 0 Å². The normalized spacial score (nSPS) is 15.9. The van der Waals surface area contributed by atoms with Crippen LogP contribution in [0, 0.1) is 0 Å². The minimum atomic E-state index is -0.140. The lowest BCUT2D eigenvalue weighted by Gasteiger charge is -2.26. The molecule has 0 spiro atoms. The number of nitrogens with one attached hydrogen (secondary N) is 1. The number of benzene rings is 1. The number of amides is 1. The Morgan fingerprint density at radius 1 is 1.06 bits per heavy atom. The molecular formula is C14H16N2O2. The summed E-state index contributed by atoms with van der Waals surface area (Å²) in [7, 11) is 0. The van der Waals surface area contributed by atoms with Crippen LogP contribution in [0.3, 0.4) is 0 Å². The summed E-state index contributed by atoms with van der Waals surface area (Å²) in [6.45, 7) is 3.02. The molecule has 1 heterocycles. The second-order valence-electron chi connectivity index (χ2n) is 4.14. The van der Waals surface area contributed by atoms with Crippen molar-refractivity contribution in [2.75, 3.05) is 26.2 Å². The van der Waals surface area contributed by atoms with Gasteiger partial charge >= 0.3 is 0 Å². The minimum Gasteiger partial charge on any atom is -0.337 e. The minimum absolute atomic E-state index is 0.0965. The van der Waals surface area contributed by atoms with Gasteiger partial charge in [-0.3, -0.25) is 9.59 Å². The van der Waals surface area contributed by atoms with Crippen molar-refractivity contribution in [3.63, 3.8) is 0 Å². The van der Waals surface area contributed by atoms with Crippen molar-refractivity contribution in [2.24, 2.45) is 0 Å². The van der Waals surface area contributed by atoms with Crippen LogP contribution in [0.2, 0.25) is 0 Å². The SMILES string of the molecule is O=C(/C=C/C(=O)N1CCNCC1)c1ccccc1. The molecular weight excluding hydrogens is 228 g/mol. The lowest BCUT2D eigenvalue weighted by molar-refractivity contribution is -0.126. The molecule has 1 saturated heterocycles. The first-order valence-corrected chi connectivity index (χ1v) is 6.04. The van der Waals surface area contributed by atoms with Gasteiger partial charge in [0.25, 0.3) is 0 Å². The van der Waals surface area contributed by atoms with Crippen LogP contribution in [0.25, 0.3) is 0 Å². The fraction of sp³-hybridized carbons (Fsp3) is 0.286. The van der Waals surface area contributed by atoms with Crippen LogP contribution in [-0.4, -0.2) is 42.8 Å². The second kappa shape index (κ2) is 6.12. The molecule has 1 amide bonds. The molecule has 94 valence electrons. The molecule has 0 aromatic heterocycles. The Morgan fingerprint density at radius 2 is 1.72 bits per heavy atom. The van der Waals surface area contributed by atoms with Crippen molar-refractivity contribution in [1.82, 2.24) is 10.2 Å². The fourth-order valence-electron chi connectivity index (χ4n) is 1.84. The number of rotatable bonds is 3. The summed E-state index contributed by atoms with van der Waals surface area (Å²) in [4.78, 5) is 25.3. The Morgan fingerprint density at radius 3 is 2.39 bits per heavy atom. The topological polar surface area (TPSA) is 49.4 Å². The Balaban J connectivity index is 1.94. The number of carbonyl (C=O) groups is 2. The maximum absolute atomic E-state index is 11.8. The van der Waals surface area contributed by atoms with Crippen LogP contribution in [0.1, 0.15) is 10.4 Å². The second-order valence-corrected chi connectivity index (χ2v) is 4.14. The van der Waals surface area contributed by atoms with E-state index in [4.69, 9.17) is 0 Å². The molecule has 2 rings (SSSR count). The number of piperazine rings is 1. The third-order valence-corrected chi connectivity index (χ3v) is 2.86. The van der Waals surface area contributed by atoms with Gasteiger partial charge in [-0.1, -0.05) is 30.3 Å². The van der Waals surface area contributed by atoms with E-state index < -0.39 is 0 Å². The molecule has 4 heteroatoms. The summed E-state index contributed by atoms with van der Waals surface area (Å²) in [6.07, 6.45) is 2.71. The Hall–Kier alpha value is -1.94. The molecule has 1 aliphatic rings. The van der Waals surface area contributed by atoms with Crippen LogP contribution >= 0.6 is 0 Å². The zero-order valence-corrected chi connectivity index (χ0v) is 10.1. The van der Waals surface area contributed by atoms with E-state index in [1.165, 1.54) is 12.2 Å². The van der Waals surface area contributed by atoms with E-state index >= 15 is 0 Å². The average Bonchev–Trinajstić information content (AvgIpc) is 2.46. The van der Waals surface area contributed by atoms with Crippen LogP contribution in [0.4, 0.5) is 0 Å². The van der Waals surface area contributed by atoms with Crippen LogP contribution in [0.5, 0.6) is 0 Å². The van der Waals surface area contributed by atoms with Gasteiger partial charge in [0.05, 0.1) is 0 Å². The largest absolute Gasteiger partial charge is 0.337 e. The predicted octanol–water partition coefficient (Wildman–Crippen LogP) is 0.857. The number of carbonyl (C=O) groups excluding carboxylic acids is 2. The number of ketones is 1. The van der Waals surface area contributed by atoms with E-state index in [1.54, 1.807) is 29.2 Å². The van der Waals surface area contributed by atoms with Crippen molar-refractivity contribution in [2.45, 2.75) is 0 Å². The Bertz CT molecular complexity index is 448.